The van der Waals surface area contributed by atoms with Gasteiger partial charge in [-0.2, -0.15) is 0 Å². The van der Waals surface area contributed by atoms with Crippen molar-refractivity contribution in [3.05, 3.63) is 29.7 Å². The van der Waals surface area contributed by atoms with Crippen LogP contribution in [0.2, 0.25) is 0 Å². The lowest BCUT2D eigenvalue weighted by atomic mass is 9.98. The van der Waals surface area contributed by atoms with Crippen LogP contribution in [0.3, 0.4) is 0 Å². The molecule has 0 atom stereocenters. The number of amides is 1. The minimum atomic E-state index is -0.625. The van der Waals surface area contributed by atoms with E-state index in [1.807, 2.05) is 0 Å². The fraction of sp³-hybridized carbons (Fsp3) is 0.529. The van der Waals surface area contributed by atoms with E-state index in [-0.39, 0.29) is 19.1 Å². The number of carbonyl (C=O) groups is 1. The summed E-state index contributed by atoms with van der Waals surface area (Å²) in [5.41, 5.74) is 0.738. The number of nitrogens with one attached hydrogen (secondary N) is 1. The van der Waals surface area contributed by atoms with Crippen molar-refractivity contribution < 1.29 is 15.0 Å². The van der Waals surface area contributed by atoms with Crippen LogP contribution in [0.25, 0.3) is 5.65 Å². The van der Waals surface area contributed by atoms with Crippen molar-refractivity contribution in [1.29, 1.82) is 0 Å². The van der Waals surface area contributed by atoms with E-state index in [1.54, 1.807) is 29.7 Å². The Morgan fingerprint density at radius 2 is 2.13 bits per heavy atom. The number of pyridine rings is 1. The third-order valence-corrected chi connectivity index (χ3v) is 4.43. The summed E-state index contributed by atoms with van der Waals surface area (Å²) in [6.07, 6.45) is 6.00. The minimum Gasteiger partial charge on any atom is -0.504 e. The highest BCUT2D eigenvalue weighted by Gasteiger charge is 2.30. The van der Waals surface area contributed by atoms with Gasteiger partial charge in [-0.05, 0) is 38.3 Å². The number of nitrogens with zero attached hydrogens (tertiary/aromatic N) is 2. The maximum absolute atomic E-state index is 12.4. The lowest BCUT2D eigenvalue weighted by Crippen LogP contribution is -2.33. The van der Waals surface area contributed by atoms with Gasteiger partial charge in [-0.1, -0.05) is 20.3 Å². The molecular formula is C17H25N3O3. The maximum atomic E-state index is 12.4. The third-order valence-electron chi connectivity index (χ3n) is 4.43. The lowest BCUT2D eigenvalue weighted by molar-refractivity contribution is 0.0389. The van der Waals surface area contributed by atoms with Crippen LogP contribution < -0.4 is 5.32 Å². The van der Waals surface area contributed by atoms with Crippen molar-refractivity contribution in [2.24, 2.45) is 0 Å². The van der Waals surface area contributed by atoms with Crippen molar-refractivity contribution >= 4 is 11.6 Å². The van der Waals surface area contributed by atoms with E-state index in [4.69, 9.17) is 0 Å². The van der Waals surface area contributed by atoms with Crippen LogP contribution in [0.5, 0.6) is 5.75 Å². The van der Waals surface area contributed by atoms with Gasteiger partial charge in [0.2, 0.25) is 0 Å². The van der Waals surface area contributed by atoms with Crippen molar-refractivity contribution in [2.45, 2.75) is 52.1 Å². The number of hydrogen-bond acceptors (Lipinski definition) is 4. The molecule has 2 aromatic heterocycles. The Morgan fingerprint density at radius 1 is 1.43 bits per heavy atom. The number of carbonyl (C=O) groups excluding carboxylic acids is 1. The number of aromatic nitrogens is 2. The first-order valence-corrected chi connectivity index (χ1v) is 7.67. The molecule has 3 N–H and O–H groups in total. The molecule has 0 bridgehead atoms. The lowest BCUT2D eigenvalue weighted by Gasteiger charge is -2.21. The fourth-order valence-electron chi connectivity index (χ4n) is 3.22. The number of aliphatic hydroxyl groups is 1. The zero-order chi connectivity index (χ0) is 15.7. The van der Waals surface area contributed by atoms with Gasteiger partial charge in [0.05, 0.1) is 11.3 Å². The highest BCUT2D eigenvalue weighted by Crippen LogP contribution is 2.31. The third kappa shape index (κ3) is 3.32. The zero-order valence-corrected chi connectivity index (χ0v) is 12.7. The fourth-order valence-corrected chi connectivity index (χ4v) is 3.22. The van der Waals surface area contributed by atoms with Crippen LogP contribution in [0.15, 0.2) is 18.3 Å². The van der Waals surface area contributed by atoms with Crippen LogP contribution >= 0.6 is 0 Å². The van der Waals surface area contributed by atoms with E-state index in [2.05, 4.69) is 10.3 Å². The largest absolute Gasteiger partial charge is 0.504 e. The van der Waals surface area contributed by atoms with Crippen molar-refractivity contribution in [3.63, 3.8) is 0 Å². The van der Waals surface area contributed by atoms with E-state index in [1.165, 1.54) is 0 Å². The van der Waals surface area contributed by atoms with Gasteiger partial charge in [0, 0.05) is 12.7 Å². The molecule has 0 unspecified atom stereocenters. The van der Waals surface area contributed by atoms with Gasteiger partial charge in [-0.25, -0.2) is 4.98 Å². The molecule has 2 aromatic rings. The Bertz CT molecular complexity index is 702. The molecule has 1 aliphatic rings. The second-order valence-corrected chi connectivity index (χ2v) is 6.07. The van der Waals surface area contributed by atoms with Crippen LogP contribution in [-0.4, -0.2) is 37.7 Å². The molecule has 23 heavy (non-hydrogen) atoms. The number of aromatic hydroxyl groups is 1. The number of fused-ring (bicyclic) bond motifs is 1. The van der Waals surface area contributed by atoms with Crippen molar-refractivity contribution in [3.8, 4) is 5.75 Å². The summed E-state index contributed by atoms with van der Waals surface area (Å²) in [7, 11) is 0. The van der Waals surface area contributed by atoms with Gasteiger partial charge in [0.1, 0.15) is 5.69 Å². The molecule has 0 aromatic carbocycles. The number of imidazole rings is 1. The van der Waals surface area contributed by atoms with Crippen LogP contribution in [0, 0.1) is 6.92 Å². The van der Waals surface area contributed by atoms with Crippen LogP contribution in [0.1, 0.15) is 55.7 Å². The zero-order valence-electron chi connectivity index (χ0n) is 12.7. The molecule has 2 heterocycles. The normalized spacial score (nSPS) is 16.3. The number of hydrogen-bond donors (Lipinski definition) is 3. The molecule has 0 spiro atoms. The second-order valence-electron chi connectivity index (χ2n) is 6.07. The molecule has 0 saturated heterocycles. The molecule has 6 heteroatoms. The summed E-state index contributed by atoms with van der Waals surface area (Å²) >= 11 is 0. The number of aryl methyl sites for hydroxylation is 1. The molecule has 1 amide bonds. The van der Waals surface area contributed by atoms with Gasteiger partial charge < -0.3 is 15.5 Å². The maximum Gasteiger partial charge on any atom is 0.270 e. The van der Waals surface area contributed by atoms with Gasteiger partial charge in [0.25, 0.3) is 5.91 Å². The van der Waals surface area contributed by atoms with E-state index in [0.29, 0.717) is 30.0 Å². The molecule has 1 aliphatic carbocycles. The van der Waals surface area contributed by atoms with E-state index < -0.39 is 5.60 Å². The first-order valence-electron chi connectivity index (χ1n) is 7.67. The van der Waals surface area contributed by atoms with Crippen molar-refractivity contribution in [2.75, 3.05) is 6.54 Å². The Morgan fingerprint density at radius 3 is 2.83 bits per heavy atom. The van der Waals surface area contributed by atoms with Gasteiger partial charge in [-0.3, -0.25) is 9.20 Å². The standard InChI is InChI=1S/C16H21N3O3.CH4/c1-11-13(19-10-4-5-12(20)14(19)18-11)15(21)17-9-8-16(22)6-2-3-7-16;/h4-5,10,20,22H,2-3,6-9H2,1H3,(H,17,21);1H4. The summed E-state index contributed by atoms with van der Waals surface area (Å²) in [4.78, 5) is 16.6. The van der Waals surface area contributed by atoms with E-state index in [9.17, 15) is 15.0 Å². The molecule has 126 valence electrons. The summed E-state index contributed by atoms with van der Waals surface area (Å²) in [6.45, 7) is 2.17. The summed E-state index contributed by atoms with van der Waals surface area (Å²) in [5, 5.41) is 22.9. The quantitative estimate of drug-likeness (QED) is 0.807. The van der Waals surface area contributed by atoms with Gasteiger partial charge in [-0.15, -0.1) is 0 Å². The summed E-state index contributed by atoms with van der Waals surface area (Å²) in [5.74, 6) is -0.192. The minimum absolute atomic E-state index is 0. The van der Waals surface area contributed by atoms with Gasteiger partial charge >= 0.3 is 0 Å². The Labute approximate surface area is 136 Å². The molecule has 3 rings (SSSR count). The average Bonchev–Trinajstić information content (AvgIpc) is 3.03. The van der Waals surface area contributed by atoms with Crippen molar-refractivity contribution in [1.82, 2.24) is 14.7 Å². The predicted octanol–water partition coefficient (Wildman–Crippen LogP) is 2.41. The van der Waals surface area contributed by atoms with E-state index >= 15 is 0 Å². The molecule has 6 nitrogen and oxygen atoms in total. The highest BCUT2D eigenvalue weighted by molar-refractivity contribution is 5.94. The molecular weight excluding hydrogens is 294 g/mol. The molecule has 1 fully saturated rings. The van der Waals surface area contributed by atoms with Crippen LogP contribution in [0.4, 0.5) is 0 Å². The first-order chi connectivity index (χ1) is 10.5. The SMILES string of the molecule is C.Cc1nc2c(O)cccn2c1C(=O)NCCC1(O)CCCC1. The molecule has 1 saturated carbocycles. The Kier molecular flexibility index (Phi) is 4.94. The summed E-state index contributed by atoms with van der Waals surface area (Å²) in [6, 6.07) is 3.21. The monoisotopic (exact) mass is 319 g/mol. The predicted molar refractivity (Wildman–Crippen MR) is 88.7 cm³/mol. The Balaban J connectivity index is 0.00000192. The highest BCUT2D eigenvalue weighted by atomic mass is 16.3. The summed E-state index contributed by atoms with van der Waals surface area (Å²) < 4.78 is 1.59. The first kappa shape index (κ1) is 17.3. The topological polar surface area (TPSA) is 86.9 Å². The van der Waals surface area contributed by atoms with E-state index in [0.717, 1.165) is 25.7 Å². The smallest absolute Gasteiger partial charge is 0.270 e. The number of rotatable bonds is 4. The molecule has 0 radical (unpaired) electrons. The Hall–Kier alpha value is -2.08. The molecule has 0 aliphatic heterocycles. The average molecular weight is 319 g/mol. The van der Waals surface area contributed by atoms with Crippen LogP contribution in [-0.2, 0) is 0 Å². The van der Waals surface area contributed by atoms with Gasteiger partial charge in [0.15, 0.2) is 11.4 Å². The second kappa shape index (κ2) is 6.58.